The van der Waals surface area contributed by atoms with Crippen LogP contribution in [0.5, 0.6) is 0 Å². The van der Waals surface area contributed by atoms with Crippen molar-refractivity contribution >= 4 is 12.0 Å². The van der Waals surface area contributed by atoms with E-state index in [4.69, 9.17) is 4.42 Å². The van der Waals surface area contributed by atoms with Crippen LogP contribution in [0.1, 0.15) is 5.76 Å². The number of carbonyl (C=O) groups is 1. The van der Waals surface area contributed by atoms with Crippen molar-refractivity contribution in [3.05, 3.63) is 40.0 Å². The van der Waals surface area contributed by atoms with Crippen LogP contribution in [0.15, 0.2) is 28.5 Å². The lowest BCUT2D eigenvalue weighted by molar-refractivity contribution is -0.419. The van der Waals surface area contributed by atoms with Crippen LogP contribution in [0.25, 0.3) is 6.08 Å². The second kappa shape index (κ2) is 4.22. The molecule has 1 rings (SSSR count). The zero-order chi connectivity index (χ0) is 10.6. The fourth-order valence-corrected chi connectivity index (χ4v) is 0.799. The molecule has 1 aromatic rings. The zero-order valence-corrected chi connectivity index (χ0v) is 7.30. The molecular formula is C8H7NO5. The van der Waals surface area contributed by atoms with E-state index in [0.717, 1.165) is 13.2 Å². The molecule has 0 radical (unpaired) electrons. The van der Waals surface area contributed by atoms with Gasteiger partial charge in [-0.2, -0.15) is 0 Å². The van der Waals surface area contributed by atoms with Crippen molar-refractivity contribution in [2.24, 2.45) is 0 Å². The lowest BCUT2D eigenvalue weighted by Gasteiger charge is -1.94. The van der Waals surface area contributed by atoms with E-state index in [1.807, 2.05) is 0 Å². The summed E-state index contributed by atoms with van der Waals surface area (Å²) >= 11 is 0. The van der Waals surface area contributed by atoms with Gasteiger partial charge in [0.25, 0.3) is 0 Å². The van der Waals surface area contributed by atoms with Crippen LogP contribution >= 0.6 is 0 Å². The Bertz CT molecular complexity index is 365. The van der Waals surface area contributed by atoms with Gasteiger partial charge in [0, 0.05) is 0 Å². The minimum Gasteiger partial charge on any atom is -0.465 e. The molecule has 6 heteroatoms. The Hall–Kier alpha value is -2.11. The van der Waals surface area contributed by atoms with Crippen molar-refractivity contribution in [1.29, 1.82) is 0 Å². The summed E-state index contributed by atoms with van der Waals surface area (Å²) in [6.45, 7) is 0. The van der Waals surface area contributed by atoms with Gasteiger partial charge < -0.3 is 9.15 Å². The van der Waals surface area contributed by atoms with Gasteiger partial charge in [0.15, 0.2) is 0 Å². The number of furan rings is 1. The number of esters is 1. The molecule has 6 nitrogen and oxygen atoms in total. The van der Waals surface area contributed by atoms with Gasteiger partial charge in [-0.15, -0.1) is 0 Å². The Kier molecular flexibility index (Phi) is 3.01. The molecular weight excluding hydrogens is 190 g/mol. The number of rotatable bonds is 3. The van der Waals surface area contributed by atoms with Crippen molar-refractivity contribution in [1.82, 2.24) is 0 Å². The molecule has 0 saturated heterocycles. The van der Waals surface area contributed by atoms with Crippen LogP contribution in [-0.4, -0.2) is 18.0 Å². The second-order valence-electron chi connectivity index (χ2n) is 2.29. The molecule has 0 saturated carbocycles. The largest absolute Gasteiger partial charge is 0.465 e. The van der Waals surface area contributed by atoms with E-state index in [2.05, 4.69) is 4.74 Å². The van der Waals surface area contributed by atoms with Gasteiger partial charge in [-0.25, -0.2) is 4.79 Å². The number of nitro groups is 1. The van der Waals surface area contributed by atoms with Crippen LogP contribution in [-0.2, 0) is 9.53 Å². The van der Waals surface area contributed by atoms with E-state index in [9.17, 15) is 14.9 Å². The first-order valence-corrected chi connectivity index (χ1v) is 3.63. The van der Waals surface area contributed by atoms with Crippen LogP contribution in [0, 0.1) is 10.1 Å². The molecule has 0 atom stereocenters. The summed E-state index contributed by atoms with van der Waals surface area (Å²) in [5.41, 5.74) is -0.664. The first-order chi connectivity index (χ1) is 6.65. The summed E-state index contributed by atoms with van der Waals surface area (Å²) in [5, 5.41) is 10.4. The molecule has 0 spiro atoms. The number of hydrogen-bond donors (Lipinski definition) is 0. The Morgan fingerprint density at radius 3 is 2.86 bits per heavy atom. The maximum absolute atomic E-state index is 10.9. The quantitative estimate of drug-likeness (QED) is 0.313. The van der Waals surface area contributed by atoms with E-state index in [0.29, 0.717) is 0 Å². The molecule has 14 heavy (non-hydrogen) atoms. The maximum Gasteiger partial charge on any atom is 0.409 e. The summed E-state index contributed by atoms with van der Waals surface area (Å²) in [7, 11) is 1.07. The van der Waals surface area contributed by atoms with Gasteiger partial charge in [0.2, 0.25) is 0 Å². The maximum atomic E-state index is 10.9. The van der Waals surface area contributed by atoms with Crippen molar-refractivity contribution in [2.75, 3.05) is 7.11 Å². The topological polar surface area (TPSA) is 82.6 Å². The summed E-state index contributed by atoms with van der Waals surface area (Å²) in [4.78, 5) is 20.5. The van der Waals surface area contributed by atoms with E-state index in [1.54, 1.807) is 6.07 Å². The molecule has 0 fully saturated rings. The molecule has 1 heterocycles. The fourth-order valence-electron chi connectivity index (χ4n) is 0.799. The zero-order valence-electron chi connectivity index (χ0n) is 7.30. The van der Waals surface area contributed by atoms with Crippen molar-refractivity contribution in [3.63, 3.8) is 0 Å². The van der Waals surface area contributed by atoms with Crippen molar-refractivity contribution in [3.8, 4) is 0 Å². The third-order valence-corrected chi connectivity index (χ3v) is 1.41. The molecule has 0 unspecified atom stereocenters. The Morgan fingerprint density at radius 2 is 2.43 bits per heavy atom. The van der Waals surface area contributed by atoms with Gasteiger partial charge in [-0.05, 0) is 12.1 Å². The Morgan fingerprint density at radius 1 is 1.71 bits per heavy atom. The van der Waals surface area contributed by atoms with Crippen LogP contribution in [0.4, 0.5) is 0 Å². The number of nitrogens with zero attached hydrogens (tertiary/aromatic N) is 1. The number of methoxy groups -OCH3 is 1. The van der Waals surface area contributed by atoms with E-state index < -0.39 is 16.6 Å². The first-order valence-electron chi connectivity index (χ1n) is 3.63. The minimum atomic E-state index is -1.01. The second-order valence-corrected chi connectivity index (χ2v) is 2.29. The minimum absolute atomic E-state index is 0.224. The smallest absolute Gasteiger partial charge is 0.409 e. The molecule has 0 aliphatic heterocycles. The highest BCUT2D eigenvalue weighted by molar-refractivity contribution is 5.90. The van der Waals surface area contributed by atoms with E-state index in [-0.39, 0.29) is 5.76 Å². The first kappa shape index (κ1) is 9.97. The van der Waals surface area contributed by atoms with Crippen LogP contribution in [0.3, 0.4) is 0 Å². The summed E-state index contributed by atoms with van der Waals surface area (Å²) < 4.78 is 9.05. The molecule has 0 aliphatic rings. The standard InChI is InChI=1S/C8H7NO5/c1-13-8(10)7(9(11)12)5-6-3-2-4-14-6/h2-5H,1H3/b7-5+. The fraction of sp³-hybridized carbons (Fsp3) is 0.125. The molecule has 74 valence electrons. The number of ether oxygens (including phenoxy) is 1. The van der Waals surface area contributed by atoms with Crippen LogP contribution in [0.2, 0.25) is 0 Å². The summed E-state index contributed by atoms with van der Waals surface area (Å²) in [6, 6.07) is 3.05. The van der Waals surface area contributed by atoms with Crippen LogP contribution < -0.4 is 0 Å². The highest BCUT2D eigenvalue weighted by Gasteiger charge is 2.22. The monoisotopic (exact) mass is 197 g/mol. The predicted octanol–water partition coefficient (Wildman–Crippen LogP) is 1.07. The normalized spacial score (nSPS) is 11.1. The predicted molar refractivity (Wildman–Crippen MR) is 45.7 cm³/mol. The SMILES string of the molecule is COC(=O)/C(=C\c1ccco1)[N+](=O)[O-]. The highest BCUT2D eigenvalue weighted by atomic mass is 16.6. The molecule has 0 amide bonds. The van der Waals surface area contributed by atoms with Crippen molar-refractivity contribution in [2.45, 2.75) is 0 Å². The van der Waals surface area contributed by atoms with Gasteiger partial charge in [-0.3, -0.25) is 10.1 Å². The van der Waals surface area contributed by atoms with E-state index in [1.165, 1.54) is 12.3 Å². The Labute approximate surface area is 78.9 Å². The summed E-state index contributed by atoms with van der Waals surface area (Å²) in [5.74, 6) is -0.784. The van der Waals surface area contributed by atoms with Gasteiger partial charge in [-0.1, -0.05) is 0 Å². The van der Waals surface area contributed by atoms with Gasteiger partial charge >= 0.3 is 11.7 Å². The number of hydrogen-bond acceptors (Lipinski definition) is 5. The Balaban J connectivity index is 2.99. The lowest BCUT2D eigenvalue weighted by Crippen LogP contribution is -2.12. The lowest BCUT2D eigenvalue weighted by atomic mass is 10.3. The third kappa shape index (κ3) is 2.19. The molecule has 0 N–H and O–H groups in total. The van der Waals surface area contributed by atoms with E-state index >= 15 is 0 Å². The summed E-state index contributed by atoms with van der Waals surface area (Å²) in [6.07, 6.45) is 2.35. The van der Waals surface area contributed by atoms with Gasteiger partial charge in [0.1, 0.15) is 5.76 Å². The molecule has 0 bridgehead atoms. The molecule has 1 aromatic heterocycles. The van der Waals surface area contributed by atoms with Crippen molar-refractivity contribution < 1.29 is 18.9 Å². The van der Waals surface area contributed by atoms with Gasteiger partial charge in [0.05, 0.1) is 24.4 Å². The molecule has 0 aliphatic carbocycles. The highest BCUT2D eigenvalue weighted by Crippen LogP contribution is 2.08. The third-order valence-electron chi connectivity index (χ3n) is 1.41. The average molecular weight is 197 g/mol. The average Bonchev–Trinajstić information content (AvgIpc) is 2.65. The number of carbonyl (C=O) groups excluding carboxylic acids is 1. The molecule has 0 aromatic carbocycles.